The van der Waals surface area contributed by atoms with Crippen LogP contribution in [0.4, 0.5) is 0 Å². The molecule has 2 aliphatic heterocycles. The van der Waals surface area contributed by atoms with E-state index >= 15 is 0 Å². The van der Waals surface area contributed by atoms with Crippen LogP contribution in [0.5, 0.6) is 0 Å². The van der Waals surface area contributed by atoms with E-state index in [0.29, 0.717) is 18.7 Å². The molecule has 0 bridgehead atoms. The van der Waals surface area contributed by atoms with E-state index in [1.807, 2.05) is 0 Å². The Kier molecular flexibility index (Phi) is 2.11. The van der Waals surface area contributed by atoms with Gasteiger partial charge < -0.3 is 10.5 Å². The maximum absolute atomic E-state index is 5.57. The molecule has 0 amide bonds. The monoisotopic (exact) mass is 156 g/mol. The van der Waals surface area contributed by atoms with Gasteiger partial charge in [0.2, 0.25) is 0 Å². The molecular weight excluding hydrogens is 140 g/mol. The second kappa shape index (κ2) is 3.09. The van der Waals surface area contributed by atoms with Gasteiger partial charge in [-0.1, -0.05) is 0 Å². The lowest BCUT2D eigenvalue weighted by Gasteiger charge is -2.34. The van der Waals surface area contributed by atoms with E-state index in [0.717, 1.165) is 13.2 Å². The molecule has 0 aromatic rings. The molecule has 2 heterocycles. The zero-order valence-corrected chi connectivity index (χ0v) is 6.83. The van der Waals surface area contributed by atoms with Gasteiger partial charge in [0.05, 0.1) is 12.7 Å². The Labute approximate surface area is 67.5 Å². The van der Waals surface area contributed by atoms with E-state index in [1.54, 1.807) is 0 Å². The Bertz CT molecular complexity index is 140. The molecule has 2 rings (SSSR count). The maximum Gasteiger partial charge on any atom is 0.0824 e. The molecule has 0 radical (unpaired) electrons. The summed E-state index contributed by atoms with van der Waals surface area (Å²) in [5, 5.41) is 0. The van der Waals surface area contributed by atoms with Crippen LogP contribution in [0.15, 0.2) is 0 Å². The Morgan fingerprint density at radius 1 is 1.55 bits per heavy atom. The molecule has 0 aliphatic carbocycles. The van der Waals surface area contributed by atoms with E-state index < -0.39 is 0 Å². The smallest absolute Gasteiger partial charge is 0.0824 e. The predicted octanol–water partition coefficient (Wildman–Crippen LogP) is -0.192. The number of ether oxygens (including phenoxy) is 1. The number of hydrogen-bond donors (Lipinski definition) is 1. The second-order valence-corrected chi connectivity index (χ2v) is 3.48. The fraction of sp³-hybridized carbons (Fsp3) is 1.00. The van der Waals surface area contributed by atoms with Crippen molar-refractivity contribution in [2.75, 3.05) is 26.2 Å². The van der Waals surface area contributed by atoms with Crippen molar-refractivity contribution in [2.45, 2.75) is 25.0 Å². The van der Waals surface area contributed by atoms with E-state index in [-0.39, 0.29) is 0 Å². The molecule has 0 spiro atoms. The molecule has 2 saturated heterocycles. The van der Waals surface area contributed by atoms with Crippen LogP contribution in [0.1, 0.15) is 12.8 Å². The largest absolute Gasteiger partial charge is 0.374 e. The summed E-state index contributed by atoms with van der Waals surface area (Å²) in [6.45, 7) is 3.89. The van der Waals surface area contributed by atoms with Crippen LogP contribution in [0, 0.1) is 0 Å². The Morgan fingerprint density at radius 3 is 3.27 bits per heavy atom. The van der Waals surface area contributed by atoms with E-state index in [9.17, 15) is 0 Å². The molecule has 3 nitrogen and oxygen atoms in total. The lowest BCUT2D eigenvalue weighted by molar-refractivity contribution is -0.0434. The first-order chi connectivity index (χ1) is 5.40. The van der Waals surface area contributed by atoms with Crippen molar-refractivity contribution >= 4 is 0 Å². The summed E-state index contributed by atoms with van der Waals surface area (Å²) in [6.07, 6.45) is 2.95. The highest BCUT2D eigenvalue weighted by atomic mass is 16.5. The Balaban J connectivity index is 1.91. The van der Waals surface area contributed by atoms with Gasteiger partial charge in [0, 0.05) is 19.1 Å². The molecule has 1 unspecified atom stereocenters. The molecule has 2 atom stereocenters. The highest BCUT2D eigenvalue weighted by Gasteiger charge is 2.31. The van der Waals surface area contributed by atoms with E-state index in [2.05, 4.69) is 4.90 Å². The summed E-state index contributed by atoms with van der Waals surface area (Å²) in [5.41, 5.74) is 5.53. The Hall–Kier alpha value is -0.120. The molecule has 0 aromatic carbocycles. The number of morpholine rings is 1. The van der Waals surface area contributed by atoms with E-state index in [1.165, 1.54) is 19.4 Å². The summed E-state index contributed by atoms with van der Waals surface area (Å²) >= 11 is 0. The van der Waals surface area contributed by atoms with Gasteiger partial charge in [0.1, 0.15) is 0 Å². The molecular formula is C8H16N2O. The van der Waals surface area contributed by atoms with Gasteiger partial charge in [-0.3, -0.25) is 4.90 Å². The molecule has 11 heavy (non-hydrogen) atoms. The fourth-order valence-electron chi connectivity index (χ4n) is 2.03. The second-order valence-electron chi connectivity index (χ2n) is 3.48. The minimum atomic E-state index is 0.296. The minimum Gasteiger partial charge on any atom is -0.374 e. The lowest BCUT2D eigenvalue weighted by atomic mass is 10.2. The lowest BCUT2D eigenvalue weighted by Crippen LogP contribution is -2.48. The first-order valence-corrected chi connectivity index (χ1v) is 4.46. The van der Waals surface area contributed by atoms with Crippen LogP contribution in [0.25, 0.3) is 0 Å². The van der Waals surface area contributed by atoms with Gasteiger partial charge in [-0.25, -0.2) is 0 Å². The molecule has 2 fully saturated rings. The van der Waals surface area contributed by atoms with Crippen LogP contribution >= 0.6 is 0 Å². The van der Waals surface area contributed by atoms with Gasteiger partial charge in [0.15, 0.2) is 0 Å². The SMILES string of the molecule is NCC1CN2CCC[C@@H]2CO1. The molecule has 0 aromatic heterocycles. The molecule has 64 valence electrons. The van der Waals surface area contributed by atoms with Gasteiger partial charge >= 0.3 is 0 Å². The van der Waals surface area contributed by atoms with Crippen molar-refractivity contribution < 1.29 is 4.74 Å². The van der Waals surface area contributed by atoms with Gasteiger partial charge in [-0.05, 0) is 19.4 Å². The third-order valence-corrected chi connectivity index (χ3v) is 2.72. The number of nitrogens with zero attached hydrogens (tertiary/aromatic N) is 1. The van der Waals surface area contributed by atoms with Crippen molar-refractivity contribution in [1.29, 1.82) is 0 Å². The minimum absolute atomic E-state index is 0.296. The van der Waals surface area contributed by atoms with Crippen molar-refractivity contribution in [3.8, 4) is 0 Å². The fourth-order valence-corrected chi connectivity index (χ4v) is 2.03. The number of fused-ring (bicyclic) bond motifs is 1. The average Bonchev–Trinajstić information content (AvgIpc) is 2.50. The van der Waals surface area contributed by atoms with Crippen molar-refractivity contribution in [2.24, 2.45) is 5.73 Å². The zero-order chi connectivity index (χ0) is 7.68. The topological polar surface area (TPSA) is 38.5 Å². The van der Waals surface area contributed by atoms with Crippen LogP contribution in [0.2, 0.25) is 0 Å². The number of rotatable bonds is 1. The van der Waals surface area contributed by atoms with Crippen LogP contribution in [0.3, 0.4) is 0 Å². The summed E-state index contributed by atoms with van der Waals surface area (Å²) in [7, 11) is 0. The first kappa shape index (κ1) is 7.53. The van der Waals surface area contributed by atoms with Gasteiger partial charge in [0.25, 0.3) is 0 Å². The summed E-state index contributed by atoms with van der Waals surface area (Å²) in [4.78, 5) is 2.51. The summed E-state index contributed by atoms with van der Waals surface area (Å²) in [6, 6.07) is 0.706. The van der Waals surface area contributed by atoms with Crippen LogP contribution in [-0.2, 0) is 4.74 Å². The average molecular weight is 156 g/mol. The van der Waals surface area contributed by atoms with Crippen molar-refractivity contribution in [3.05, 3.63) is 0 Å². The number of nitrogens with two attached hydrogens (primary N) is 1. The first-order valence-electron chi connectivity index (χ1n) is 4.46. The van der Waals surface area contributed by atoms with Gasteiger partial charge in [-0.15, -0.1) is 0 Å². The van der Waals surface area contributed by atoms with Crippen molar-refractivity contribution in [3.63, 3.8) is 0 Å². The summed E-state index contributed by atoms with van der Waals surface area (Å²) < 4.78 is 5.57. The Morgan fingerprint density at radius 2 is 2.45 bits per heavy atom. The zero-order valence-electron chi connectivity index (χ0n) is 6.83. The maximum atomic E-state index is 5.57. The molecule has 0 saturated carbocycles. The van der Waals surface area contributed by atoms with Gasteiger partial charge in [-0.2, -0.15) is 0 Å². The van der Waals surface area contributed by atoms with Crippen LogP contribution in [-0.4, -0.2) is 43.3 Å². The molecule has 2 N–H and O–H groups in total. The predicted molar refractivity (Wildman–Crippen MR) is 43.4 cm³/mol. The quantitative estimate of drug-likeness (QED) is 0.572. The van der Waals surface area contributed by atoms with Crippen molar-refractivity contribution in [1.82, 2.24) is 4.90 Å². The number of hydrogen-bond acceptors (Lipinski definition) is 3. The molecule has 3 heteroatoms. The third-order valence-electron chi connectivity index (χ3n) is 2.72. The third kappa shape index (κ3) is 1.41. The van der Waals surface area contributed by atoms with Crippen LogP contribution < -0.4 is 5.73 Å². The summed E-state index contributed by atoms with van der Waals surface area (Å²) in [5.74, 6) is 0. The molecule has 2 aliphatic rings. The normalized spacial score (nSPS) is 39.0. The highest BCUT2D eigenvalue weighted by molar-refractivity contribution is 4.85. The standard InChI is InChI=1S/C8H16N2O/c9-4-8-5-10-3-1-2-7(10)6-11-8/h7-8H,1-6,9H2/t7-,8?/m1/s1. The highest BCUT2D eigenvalue weighted by Crippen LogP contribution is 2.21. The van der Waals surface area contributed by atoms with E-state index in [4.69, 9.17) is 10.5 Å².